The Bertz CT molecular complexity index is 236. The summed E-state index contributed by atoms with van der Waals surface area (Å²) in [5.41, 5.74) is -0.442. The predicted octanol–water partition coefficient (Wildman–Crippen LogP) is 1.75. The molecule has 68 valence electrons. The predicted molar refractivity (Wildman–Crippen MR) is 40.1 cm³/mol. The molecule has 0 N–H and O–H groups in total. The summed E-state index contributed by atoms with van der Waals surface area (Å²) < 4.78 is 24.7. The lowest BCUT2D eigenvalue weighted by Gasteiger charge is -2.08. The monoisotopic (exact) mass is 176 g/mol. The molecule has 0 heterocycles. The number of ketones is 2. The third-order valence-corrected chi connectivity index (χ3v) is 1.31. The van der Waals surface area contributed by atoms with Crippen LogP contribution in [0.3, 0.4) is 0 Å². The Morgan fingerprint density at radius 3 is 1.83 bits per heavy atom. The number of hydrogen-bond acceptors (Lipinski definition) is 2. The first-order chi connectivity index (χ1) is 5.30. The summed E-state index contributed by atoms with van der Waals surface area (Å²) in [6, 6.07) is 0. The van der Waals surface area contributed by atoms with Crippen molar-refractivity contribution >= 4 is 11.6 Å². The van der Waals surface area contributed by atoms with Gasteiger partial charge in [0.15, 0.2) is 5.78 Å². The van der Waals surface area contributed by atoms with Crippen molar-refractivity contribution in [3.05, 3.63) is 11.6 Å². The molecular formula is C8H10F2O2. The SMILES string of the molecule is CC=C(C(C)=O)C(=O)C(C)(F)F. The van der Waals surface area contributed by atoms with Crippen LogP contribution in [0.4, 0.5) is 8.78 Å². The van der Waals surface area contributed by atoms with Gasteiger partial charge >= 0.3 is 5.92 Å². The van der Waals surface area contributed by atoms with E-state index in [0.29, 0.717) is 6.92 Å². The number of rotatable bonds is 3. The molecule has 0 spiro atoms. The highest BCUT2D eigenvalue weighted by Crippen LogP contribution is 2.18. The van der Waals surface area contributed by atoms with Gasteiger partial charge in [-0.25, -0.2) is 0 Å². The molecule has 4 heteroatoms. The van der Waals surface area contributed by atoms with Gasteiger partial charge in [-0.3, -0.25) is 9.59 Å². The van der Waals surface area contributed by atoms with E-state index in [1.165, 1.54) is 6.92 Å². The molecule has 0 aromatic rings. The highest BCUT2D eigenvalue weighted by molar-refractivity contribution is 6.21. The Morgan fingerprint density at radius 1 is 1.33 bits per heavy atom. The molecule has 0 fully saturated rings. The van der Waals surface area contributed by atoms with E-state index in [9.17, 15) is 18.4 Å². The van der Waals surface area contributed by atoms with Crippen LogP contribution in [-0.4, -0.2) is 17.5 Å². The smallest absolute Gasteiger partial charge is 0.294 e. The minimum atomic E-state index is -3.46. The first kappa shape index (κ1) is 10.9. The van der Waals surface area contributed by atoms with Crippen LogP contribution in [-0.2, 0) is 9.59 Å². The molecule has 0 aliphatic carbocycles. The molecular weight excluding hydrogens is 166 g/mol. The van der Waals surface area contributed by atoms with Gasteiger partial charge in [-0.2, -0.15) is 8.78 Å². The highest BCUT2D eigenvalue weighted by atomic mass is 19.3. The topological polar surface area (TPSA) is 34.1 Å². The first-order valence-corrected chi connectivity index (χ1v) is 3.40. The van der Waals surface area contributed by atoms with Gasteiger partial charge in [0.1, 0.15) is 0 Å². The summed E-state index contributed by atoms with van der Waals surface area (Å²) in [4.78, 5) is 21.4. The maximum atomic E-state index is 12.4. The Kier molecular flexibility index (Phi) is 3.24. The van der Waals surface area contributed by atoms with Crippen LogP contribution in [0, 0.1) is 0 Å². The van der Waals surface area contributed by atoms with E-state index in [1.807, 2.05) is 0 Å². The number of carbonyl (C=O) groups excluding carboxylic acids is 2. The van der Waals surface area contributed by atoms with Crippen LogP contribution in [0.2, 0.25) is 0 Å². The summed E-state index contributed by atoms with van der Waals surface area (Å²) >= 11 is 0. The maximum Gasteiger partial charge on any atom is 0.307 e. The largest absolute Gasteiger partial charge is 0.307 e. The van der Waals surface area contributed by atoms with Gasteiger partial charge < -0.3 is 0 Å². The van der Waals surface area contributed by atoms with Crippen molar-refractivity contribution < 1.29 is 18.4 Å². The van der Waals surface area contributed by atoms with Gasteiger partial charge in [-0.1, -0.05) is 6.08 Å². The third-order valence-electron chi connectivity index (χ3n) is 1.31. The van der Waals surface area contributed by atoms with Gasteiger partial charge in [0, 0.05) is 6.92 Å². The molecule has 0 aromatic heterocycles. The Morgan fingerprint density at radius 2 is 1.75 bits per heavy atom. The van der Waals surface area contributed by atoms with Crippen LogP contribution >= 0.6 is 0 Å². The second-order valence-electron chi connectivity index (χ2n) is 2.48. The quantitative estimate of drug-likeness (QED) is 0.373. The molecule has 0 saturated heterocycles. The number of halogens is 2. The van der Waals surface area contributed by atoms with Gasteiger partial charge in [0.2, 0.25) is 5.78 Å². The summed E-state index contributed by atoms with van der Waals surface area (Å²) in [5.74, 6) is -5.52. The lowest BCUT2D eigenvalue weighted by molar-refractivity contribution is -0.137. The van der Waals surface area contributed by atoms with Gasteiger partial charge in [-0.15, -0.1) is 0 Å². The lowest BCUT2D eigenvalue weighted by Crippen LogP contribution is -2.28. The molecule has 0 radical (unpaired) electrons. The van der Waals surface area contributed by atoms with E-state index in [0.717, 1.165) is 13.0 Å². The summed E-state index contributed by atoms with van der Waals surface area (Å²) in [7, 11) is 0. The number of hydrogen-bond donors (Lipinski definition) is 0. The molecule has 0 aliphatic heterocycles. The second kappa shape index (κ2) is 3.56. The van der Waals surface area contributed by atoms with Crippen molar-refractivity contribution in [2.24, 2.45) is 0 Å². The van der Waals surface area contributed by atoms with Crippen LogP contribution < -0.4 is 0 Å². The summed E-state index contributed by atoms with van der Waals surface area (Å²) in [6.45, 7) is 2.93. The van der Waals surface area contributed by atoms with Gasteiger partial charge in [-0.05, 0) is 13.8 Å². The molecule has 0 bridgehead atoms. The van der Waals surface area contributed by atoms with Crippen molar-refractivity contribution in [1.82, 2.24) is 0 Å². The fourth-order valence-corrected chi connectivity index (χ4v) is 0.731. The average Bonchev–Trinajstić information content (AvgIpc) is 1.86. The van der Waals surface area contributed by atoms with Crippen LogP contribution in [0.15, 0.2) is 11.6 Å². The molecule has 0 rings (SSSR count). The van der Waals surface area contributed by atoms with E-state index in [1.54, 1.807) is 0 Å². The lowest BCUT2D eigenvalue weighted by atomic mass is 10.0. The van der Waals surface area contributed by atoms with Gasteiger partial charge in [0.05, 0.1) is 5.57 Å². The van der Waals surface area contributed by atoms with E-state index < -0.39 is 23.1 Å². The fourth-order valence-electron chi connectivity index (χ4n) is 0.731. The molecule has 0 unspecified atom stereocenters. The number of carbonyl (C=O) groups is 2. The zero-order valence-corrected chi connectivity index (χ0v) is 7.15. The van der Waals surface area contributed by atoms with Gasteiger partial charge in [0.25, 0.3) is 0 Å². The zero-order chi connectivity index (χ0) is 9.94. The van der Waals surface area contributed by atoms with E-state index in [2.05, 4.69) is 0 Å². The Balaban J connectivity index is 4.82. The van der Waals surface area contributed by atoms with Crippen LogP contribution in [0.5, 0.6) is 0 Å². The first-order valence-electron chi connectivity index (χ1n) is 3.40. The van der Waals surface area contributed by atoms with E-state index in [-0.39, 0.29) is 0 Å². The van der Waals surface area contributed by atoms with Crippen LogP contribution in [0.1, 0.15) is 20.8 Å². The summed E-state index contributed by atoms with van der Waals surface area (Å²) in [6.07, 6.45) is 1.10. The normalized spacial score (nSPS) is 12.9. The molecule has 0 amide bonds. The number of alkyl halides is 2. The standard InChI is InChI=1S/C8H10F2O2/c1-4-6(5(2)11)7(12)8(3,9)10/h4H,1-3H3. The Hall–Kier alpha value is -1.06. The van der Waals surface area contributed by atoms with E-state index in [4.69, 9.17) is 0 Å². The number of allylic oxidation sites excluding steroid dienone is 2. The van der Waals surface area contributed by atoms with Crippen molar-refractivity contribution in [3.63, 3.8) is 0 Å². The van der Waals surface area contributed by atoms with Crippen molar-refractivity contribution in [2.75, 3.05) is 0 Å². The second-order valence-corrected chi connectivity index (χ2v) is 2.48. The highest BCUT2D eigenvalue weighted by Gasteiger charge is 2.35. The average molecular weight is 176 g/mol. The maximum absolute atomic E-state index is 12.4. The summed E-state index contributed by atoms with van der Waals surface area (Å²) in [5, 5.41) is 0. The molecule has 0 aromatic carbocycles. The number of Topliss-reactive ketones (excluding diaryl/α,β-unsaturated/α-hetero) is 2. The molecule has 0 saturated carbocycles. The molecule has 2 nitrogen and oxygen atoms in total. The fraction of sp³-hybridized carbons (Fsp3) is 0.500. The van der Waals surface area contributed by atoms with E-state index >= 15 is 0 Å². The molecule has 0 aliphatic rings. The minimum Gasteiger partial charge on any atom is -0.294 e. The van der Waals surface area contributed by atoms with Crippen molar-refractivity contribution in [1.29, 1.82) is 0 Å². The van der Waals surface area contributed by atoms with Crippen molar-refractivity contribution in [2.45, 2.75) is 26.7 Å². The van der Waals surface area contributed by atoms with Crippen molar-refractivity contribution in [3.8, 4) is 0 Å². The zero-order valence-electron chi connectivity index (χ0n) is 7.15. The van der Waals surface area contributed by atoms with Crippen LogP contribution in [0.25, 0.3) is 0 Å². The third kappa shape index (κ3) is 2.53. The molecule has 0 atom stereocenters. The minimum absolute atomic E-state index is 0.442. The molecule has 12 heavy (non-hydrogen) atoms. The Labute approximate surface area is 69.3 Å².